The summed E-state index contributed by atoms with van der Waals surface area (Å²) in [5.74, 6) is 0. The van der Waals surface area contributed by atoms with E-state index in [4.69, 9.17) is 0 Å². The molecule has 1 saturated carbocycles. The maximum atomic E-state index is 11.6. The smallest absolute Gasteiger partial charge is 0.140 e. The zero-order valence-corrected chi connectivity index (χ0v) is 15.7. The molecule has 0 bridgehead atoms. The highest BCUT2D eigenvalue weighted by atomic mass is 32.7. The second-order valence-corrected chi connectivity index (χ2v) is 10.4. The van der Waals surface area contributed by atoms with Crippen molar-refractivity contribution in [1.82, 2.24) is 4.72 Å². The number of hydrogen-bond donors (Lipinski definition) is 1. The van der Waals surface area contributed by atoms with Gasteiger partial charge in [-0.3, -0.25) is 0 Å². The minimum Gasteiger partial charge on any atom is -0.301 e. The first-order chi connectivity index (χ1) is 10.6. The van der Waals surface area contributed by atoms with Crippen LogP contribution in [0.25, 0.3) is 0 Å². The van der Waals surface area contributed by atoms with Crippen molar-refractivity contribution in [2.24, 2.45) is 0 Å². The van der Waals surface area contributed by atoms with Crippen LogP contribution in [0.1, 0.15) is 56.6 Å². The lowest BCUT2D eigenvalue weighted by molar-refractivity contribution is -0.113. The van der Waals surface area contributed by atoms with Crippen molar-refractivity contribution in [2.75, 3.05) is 6.66 Å². The zero-order valence-electron chi connectivity index (χ0n) is 14.0. The van der Waals surface area contributed by atoms with Crippen molar-refractivity contribution in [1.29, 1.82) is 0 Å². The van der Waals surface area contributed by atoms with Crippen LogP contribution in [0.2, 0.25) is 0 Å². The maximum Gasteiger partial charge on any atom is 0.140 e. The third kappa shape index (κ3) is 4.34. The second-order valence-electron chi connectivity index (χ2n) is 6.35. The third-order valence-electron chi connectivity index (χ3n) is 4.58. The molecule has 1 aromatic rings. The molecular formula is C18H28NOPS. The number of carbonyl (C=O) groups excluding carboxylic acids is 1. The first-order valence-corrected chi connectivity index (χ1v) is 11.6. The molecule has 0 saturated heterocycles. The molecule has 2 nitrogen and oxygen atoms in total. The first-order valence-electron chi connectivity index (χ1n) is 8.34. The molecule has 0 amide bonds. The van der Waals surface area contributed by atoms with Gasteiger partial charge in [0.05, 0.1) is 5.54 Å². The normalized spacial score (nSPS) is 18.9. The average Bonchev–Trinajstić information content (AvgIpc) is 2.55. The van der Waals surface area contributed by atoms with Crippen molar-refractivity contribution < 1.29 is 4.79 Å². The molecule has 1 unspecified atom stereocenters. The van der Waals surface area contributed by atoms with Crippen LogP contribution < -0.4 is 10.0 Å². The van der Waals surface area contributed by atoms with Gasteiger partial charge in [0.25, 0.3) is 0 Å². The highest BCUT2D eigenvalue weighted by Gasteiger charge is 2.32. The molecule has 0 heterocycles. The Balaban J connectivity index is 2.07. The number of hydrogen-bond acceptors (Lipinski definition) is 3. The van der Waals surface area contributed by atoms with Gasteiger partial charge in [-0.2, -0.15) is 0 Å². The molecule has 0 spiro atoms. The van der Waals surface area contributed by atoms with Crippen LogP contribution in [0.5, 0.6) is 0 Å². The first kappa shape index (κ1) is 18.0. The molecule has 1 aliphatic carbocycles. The standard InChI is InChI=1S/C18H28NOPS/c1-4-9-16-15(2)10-8-11-17(16)21(3)22-19-18(14-20)12-6-5-7-13-18/h8,10-11,14,19H,4-7,9,12-13H2,1-3H3. The van der Waals surface area contributed by atoms with Gasteiger partial charge in [0, 0.05) is 0 Å². The highest BCUT2D eigenvalue weighted by Crippen LogP contribution is 2.46. The molecule has 22 heavy (non-hydrogen) atoms. The molecule has 122 valence electrons. The van der Waals surface area contributed by atoms with Crippen molar-refractivity contribution in [2.45, 2.75) is 64.3 Å². The van der Waals surface area contributed by atoms with E-state index in [0.29, 0.717) is 0 Å². The number of aldehydes is 1. The molecule has 1 fully saturated rings. The Morgan fingerprint density at radius 2 is 2.05 bits per heavy atom. The van der Waals surface area contributed by atoms with Crippen molar-refractivity contribution in [3.8, 4) is 0 Å². The molecule has 0 aromatic heterocycles. The van der Waals surface area contributed by atoms with Gasteiger partial charge in [-0.25, -0.2) is 4.72 Å². The van der Waals surface area contributed by atoms with Gasteiger partial charge in [-0.15, -0.1) is 0 Å². The summed E-state index contributed by atoms with van der Waals surface area (Å²) in [6, 6.07) is 6.65. The van der Waals surface area contributed by atoms with Gasteiger partial charge < -0.3 is 4.79 Å². The van der Waals surface area contributed by atoms with Gasteiger partial charge in [-0.1, -0.05) is 50.8 Å². The van der Waals surface area contributed by atoms with Crippen molar-refractivity contribution in [3.05, 3.63) is 29.3 Å². The van der Waals surface area contributed by atoms with Crippen LogP contribution in [0.15, 0.2) is 18.2 Å². The fourth-order valence-electron chi connectivity index (χ4n) is 3.19. The van der Waals surface area contributed by atoms with Crippen molar-refractivity contribution in [3.63, 3.8) is 0 Å². The molecule has 0 radical (unpaired) electrons. The molecule has 4 heteroatoms. The van der Waals surface area contributed by atoms with E-state index in [2.05, 4.69) is 43.4 Å². The monoisotopic (exact) mass is 337 g/mol. The Labute approximate surface area is 140 Å². The largest absolute Gasteiger partial charge is 0.301 e. The minimum absolute atomic E-state index is 0.283. The molecule has 0 aliphatic heterocycles. The lowest BCUT2D eigenvalue weighted by Crippen LogP contribution is -2.44. The summed E-state index contributed by atoms with van der Waals surface area (Å²) < 4.78 is 3.55. The molecule has 1 atom stereocenters. The van der Waals surface area contributed by atoms with Gasteiger partial charge in [0.1, 0.15) is 6.29 Å². The molecule has 1 N–H and O–H groups in total. The van der Waals surface area contributed by atoms with E-state index in [1.807, 2.05) is 0 Å². The number of carbonyl (C=O) groups is 1. The van der Waals surface area contributed by atoms with E-state index >= 15 is 0 Å². The highest BCUT2D eigenvalue weighted by molar-refractivity contribution is 8.56. The van der Waals surface area contributed by atoms with Crippen LogP contribution in [0.4, 0.5) is 0 Å². The van der Waals surface area contributed by atoms with Gasteiger partial charge in [-0.05, 0) is 68.0 Å². The Morgan fingerprint density at radius 1 is 1.32 bits per heavy atom. The summed E-state index contributed by atoms with van der Waals surface area (Å²) in [5.41, 5.74) is 2.63. The Morgan fingerprint density at radius 3 is 2.68 bits per heavy atom. The van der Waals surface area contributed by atoms with E-state index in [9.17, 15) is 4.79 Å². The van der Waals surface area contributed by atoms with Crippen LogP contribution >= 0.6 is 18.7 Å². The number of benzene rings is 1. The lowest BCUT2D eigenvalue weighted by atomic mass is 9.84. The van der Waals surface area contributed by atoms with Crippen LogP contribution in [0, 0.1) is 6.92 Å². The van der Waals surface area contributed by atoms with E-state index in [0.717, 1.165) is 25.5 Å². The minimum atomic E-state index is -0.340. The number of rotatable bonds is 7. The zero-order chi connectivity index (χ0) is 16.0. The fraction of sp³-hybridized carbons (Fsp3) is 0.611. The van der Waals surface area contributed by atoms with E-state index in [1.165, 1.54) is 42.1 Å². The summed E-state index contributed by atoms with van der Waals surface area (Å²) in [4.78, 5) is 11.6. The topological polar surface area (TPSA) is 29.1 Å². The maximum absolute atomic E-state index is 11.6. The summed E-state index contributed by atoms with van der Waals surface area (Å²) in [6.07, 6.45) is 9.06. The van der Waals surface area contributed by atoms with E-state index in [-0.39, 0.29) is 12.7 Å². The SMILES string of the molecule is CCCc1c(C)cccc1P(C)SNC1(C=O)CCCCC1. The van der Waals surface area contributed by atoms with Gasteiger partial charge in [0.2, 0.25) is 0 Å². The van der Waals surface area contributed by atoms with Crippen LogP contribution in [-0.2, 0) is 11.2 Å². The average molecular weight is 337 g/mol. The quantitative estimate of drug-likeness (QED) is 0.443. The van der Waals surface area contributed by atoms with Gasteiger partial charge >= 0.3 is 0 Å². The predicted octanol–water partition coefficient (Wildman–Crippen LogP) is 4.74. The van der Waals surface area contributed by atoms with E-state index < -0.39 is 0 Å². The Hall–Kier alpha value is -0.370. The molecular weight excluding hydrogens is 309 g/mol. The second kappa shape index (κ2) is 8.47. The Bertz CT molecular complexity index is 500. The summed E-state index contributed by atoms with van der Waals surface area (Å²) >= 11 is 1.79. The Kier molecular flexibility index (Phi) is 6.92. The number of aryl methyl sites for hydroxylation is 1. The molecule has 1 aromatic carbocycles. The summed E-state index contributed by atoms with van der Waals surface area (Å²) in [7, 11) is -0.340. The molecule has 1 aliphatic rings. The fourth-order valence-corrected chi connectivity index (χ4v) is 6.59. The lowest BCUT2D eigenvalue weighted by Gasteiger charge is -2.33. The molecule has 2 rings (SSSR count). The van der Waals surface area contributed by atoms with Gasteiger partial charge in [0.15, 0.2) is 0 Å². The van der Waals surface area contributed by atoms with Crippen LogP contribution in [-0.4, -0.2) is 18.5 Å². The van der Waals surface area contributed by atoms with E-state index in [1.54, 1.807) is 11.6 Å². The third-order valence-corrected chi connectivity index (χ3v) is 8.14. The van der Waals surface area contributed by atoms with Crippen molar-refractivity contribution >= 4 is 30.3 Å². The van der Waals surface area contributed by atoms with Crippen LogP contribution in [0.3, 0.4) is 0 Å². The summed E-state index contributed by atoms with van der Waals surface area (Å²) in [5, 5.41) is 1.48. The number of nitrogens with one attached hydrogen (secondary N) is 1. The summed E-state index contributed by atoms with van der Waals surface area (Å²) in [6.45, 7) is 6.76. The predicted molar refractivity (Wildman–Crippen MR) is 100 cm³/mol.